The molecule has 0 N–H and O–H groups in total. The fraction of sp³-hybridized carbons (Fsp3) is 0.192. The van der Waals surface area contributed by atoms with E-state index in [1.165, 1.54) is 19.6 Å². The molecule has 0 amide bonds. The topological polar surface area (TPSA) is 127 Å². The third-order valence-electron chi connectivity index (χ3n) is 12.7. The van der Waals surface area contributed by atoms with Crippen LogP contribution in [0.3, 0.4) is 0 Å². The van der Waals surface area contributed by atoms with Crippen LogP contribution in [0.5, 0.6) is 23.0 Å². The van der Waals surface area contributed by atoms with Gasteiger partial charge in [0, 0.05) is 11.5 Å². The summed E-state index contributed by atoms with van der Waals surface area (Å²) in [6, 6.07) is 65.1. The summed E-state index contributed by atoms with van der Waals surface area (Å²) in [6.45, 7) is 31.0. The van der Waals surface area contributed by atoms with Crippen LogP contribution in [0, 0.1) is 77.7 Å². The number of carbonyl (C=O) groups excluding carboxylic acids is 2. The molecule has 13 nitrogen and oxygen atoms in total. The summed E-state index contributed by atoms with van der Waals surface area (Å²) in [5, 5.41) is 8.02. The normalized spacial score (nSPS) is 11.7. The number of nitrogens with zero attached hydrogens (tertiary/aromatic N) is 4. The Morgan fingerprint density at radius 2 is 0.553 bits per heavy atom. The summed E-state index contributed by atoms with van der Waals surface area (Å²) in [4.78, 5) is 15.5. The molecule has 0 saturated heterocycles. The van der Waals surface area contributed by atoms with Crippen LogP contribution in [0.15, 0.2) is 229 Å². The zero-order chi connectivity index (χ0) is 66.9. The predicted molar refractivity (Wildman–Crippen MR) is 375 cm³/mol. The first-order valence-electron chi connectivity index (χ1n) is 28.0. The molecule has 8 aromatic rings. The van der Waals surface area contributed by atoms with Crippen LogP contribution >= 0.6 is 9.69 Å². The molecule has 0 spiro atoms. The molecule has 1 radical (unpaired) electrons. The Balaban J connectivity index is 0.00000139. The maximum atomic E-state index is 11.7. The number of aryl methyl sites for hydroxylation is 8. The van der Waals surface area contributed by atoms with Crippen LogP contribution in [-0.2, 0) is 60.4 Å². The average Bonchev–Trinajstić information content (AvgIpc) is 1.62. The molecule has 0 aromatic heterocycles. The Kier molecular flexibility index (Phi) is 37.5. The van der Waals surface area contributed by atoms with E-state index in [2.05, 4.69) is 143 Å². The minimum absolute atomic E-state index is 0. The van der Waals surface area contributed by atoms with E-state index in [4.69, 9.17) is 28.5 Å². The average molecular weight is 1520 g/mol. The van der Waals surface area contributed by atoms with Crippen molar-refractivity contribution in [2.24, 2.45) is 0 Å². The molecule has 2 aliphatic rings. The van der Waals surface area contributed by atoms with Crippen molar-refractivity contribution in [1.29, 1.82) is 0 Å². The Morgan fingerprint density at radius 3 is 0.691 bits per heavy atom. The van der Waals surface area contributed by atoms with Crippen molar-refractivity contribution in [2.75, 3.05) is 20.0 Å². The van der Waals surface area contributed by atoms with E-state index >= 15 is 0 Å². The molecule has 2 heterocycles. The number of anilines is 4. The second-order valence-electron chi connectivity index (χ2n) is 20.4. The number of rotatable bonds is 14. The van der Waals surface area contributed by atoms with Crippen molar-refractivity contribution < 1.29 is 90.8 Å². The van der Waals surface area contributed by atoms with Gasteiger partial charge >= 0.3 is 62.1 Å². The first kappa shape index (κ1) is 86.0. The fourth-order valence-electron chi connectivity index (χ4n) is 8.84. The van der Waals surface area contributed by atoms with Crippen LogP contribution < -0.4 is 39.0 Å². The molecule has 0 atom stereocenters. The van der Waals surface area contributed by atoms with E-state index in [9.17, 15) is 21.6 Å². The maximum absolute atomic E-state index is 11.7. The molecule has 504 valence electrons. The van der Waals surface area contributed by atoms with Gasteiger partial charge in [0.2, 0.25) is 8.32 Å². The standard InChI is InChI=1S/2C31H28N2O2.C4H9F3O3SSi.C2H6.2CHO.3CH3.ClH.2Ru.2H/c2*1-22-13-11-14-23(2)30(22)34-28-21-29(35-31-24(3)15-12-16-25(31)4)33(27-19-9-6-10-20-27)32(28)26-17-7-5-8-18-26;1-12(2,3)10-11(8,9)4(5,6)7;3*1-2;;;;;;;;/h2*5-20H,1-4H3;1-3H3;1-2H3;2*1H;3*1H3;1H;;;;/q;;;;5*-1;;2*+3;;/p-1. The summed E-state index contributed by atoms with van der Waals surface area (Å²) in [7, 11) is -3.50. The molecule has 0 fully saturated rings. The molecule has 0 saturated carbocycles. The van der Waals surface area contributed by atoms with E-state index in [0.29, 0.717) is 23.5 Å². The van der Waals surface area contributed by atoms with Crippen molar-refractivity contribution in [1.82, 2.24) is 0 Å². The molecule has 10 rings (SSSR count). The van der Waals surface area contributed by atoms with E-state index in [1.54, 1.807) is 17.3 Å². The summed E-state index contributed by atoms with van der Waals surface area (Å²) < 4.78 is 86.0. The first-order valence-corrected chi connectivity index (χ1v) is 35.2. The Hall–Kier alpha value is -8.01. The molecule has 0 unspecified atom stereocenters. The van der Waals surface area contributed by atoms with E-state index in [0.717, 1.165) is 90.3 Å². The summed E-state index contributed by atoms with van der Waals surface area (Å²) in [5.41, 5.74) is 13.8. The zero-order valence-corrected chi connectivity index (χ0v) is 62.1. The van der Waals surface area contributed by atoms with Gasteiger partial charge in [0.05, 0.1) is 22.7 Å². The minimum atomic E-state index is -5.39. The van der Waals surface area contributed by atoms with E-state index < -0.39 is 23.9 Å². The second kappa shape index (κ2) is 41.0. The van der Waals surface area contributed by atoms with Gasteiger partial charge in [0.25, 0.3) is 23.5 Å². The second-order valence-corrected chi connectivity index (χ2v) is 26.7. The summed E-state index contributed by atoms with van der Waals surface area (Å²) in [6.07, 6.45) is 0. The number of halogens is 4. The third kappa shape index (κ3) is 22.9. The monoisotopic (exact) mass is 1520 g/mol. The quantitative estimate of drug-likeness (QED) is 0.0337. The fourth-order valence-corrected chi connectivity index (χ4v) is 11.9. The van der Waals surface area contributed by atoms with Crippen molar-refractivity contribution in [3.05, 3.63) is 296 Å². The Morgan fingerprint density at radius 1 is 0.383 bits per heavy atom. The number of ether oxygens (including phenoxy) is 4. The summed E-state index contributed by atoms with van der Waals surface area (Å²) >= 11 is 1.62. The van der Waals surface area contributed by atoms with Gasteiger partial charge in [-0.15, -0.1) is 0 Å². The van der Waals surface area contributed by atoms with Crippen molar-refractivity contribution in [3.63, 3.8) is 0 Å². The number of hydrazine groups is 2. The number of hydrogen-bond acceptors (Lipinski definition) is 13. The Labute approximate surface area is 584 Å². The number of para-hydroxylation sites is 8. The zero-order valence-electron chi connectivity index (χ0n) is 55.8. The van der Waals surface area contributed by atoms with Gasteiger partial charge in [-0.05, 0) is 168 Å². The number of hydrogen-bond donors (Lipinski definition) is 0. The SMILES string of the molecule is CC.C[Si](C)(C)OS(=O)(=O)C(F)(F)F.Cc1cccc(C)c1OC1=C=C(Oc2c(C)cccc2C)N(c2ccccc2)N1c1ccccc1.Cc1cccc(C)c1OC1=C=C(Oc2c(C)cccc2C)N(c2ccccc2)N1c1ccccc1.[CH-]=O.[CH-]=O.[CH3-].[CH3-].[CH3-].[Cl][RuH+2].[RuH+3]. The van der Waals surface area contributed by atoms with Gasteiger partial charge in [0.1, 0.15) is 23.0 Å². The van der Waals surface area contributed by atoms with Gasteiger partial charge in [0.15, 0.2) is 0 Å². The van der Waals surface area contributed by atoms with Gasteiger partial charge in [-0.1, -0.05) is 159 Å². The van der Waals surface area contributed by atoms with Crippen LogP contribution in [0.4, 0.5) is 35.9 Å². The van der Waals surface area contributed by atoms with Crippen molar-refractivity contribution >= 4 is 64.5 Å². The molecule has 8 aromatic carbocycles. The van der Waals surface area contributed by atoms with Crippen molar-refractivity contribution in [3.8, 4) is 23.0 Å². The predicted octanol–water partition coefficient (Wildman–Crippen LogP) is 18.9. The first-order chi connectivity index (χ1) is 43.0. The summed E-state index contributed by atoms with van der Waals surface area (Å²) in [5.74, 6) is 5.43. The third-order valence-corrected chi connectivity index (χ3v) is 16.1. The van der Waals surface area contributed by atoms with Gasteiger partial charge < -0.3 is 54.7 Å². The molecule has 2 aliphatic heterocycles. The van der Waals surface area contributed by atoms with Gasteiger partial charge in [-0.25, -0.2) is 20.0 Å². The van der Waals surface area contributed by atoms with Crippen LogP contribution in [-0.4, -0.2) is 35.8 Å². The molecule has 0 aliphatic carbocycles. The van der Waals surface area contributed by atoms with Crippen LogP contribution in [0.2, 0.25) is 19.6 Å². The molecule has 94 heavy (non-hydrogen) atoms. The number of benzene rings is 8. The molecular formula is C73H84ClF3N4O9Ru2SSi. The van der Waals surface area contributed by atoms with Gasteiger partial charge in [-0.3, -0.25) is 13.6 Å². The Bertz CT molecular complexity index is 3360. The van der Waals surface area contributed by atoms with Crippen LogP contribution in [0.1, 0.15) is 58.4 Å². The van der Waals surface area contributed by atoms with Gasteiger partial charge in [-0.2, -0.15) is 21.6 Å². The molecule has 21 heteroatoms. The van der Waals surface area contributed by atoms with Crippen LogP contribution in [0.25, 0.3) is 0 Å². The molecule has 0 bridgehead atoms. The van der Waals surface area contributed by atoms with Crippen molar-refractivity contribution in [2.45, 2.75) is 94.4 Å². The van der Waals surface area contributed by atoms with E-state index in [-0.39, 0.29) is 41.8 Å². The number of alkyl halides is 3. The molecular weight excluding hydrogens is 1430 g/mol. The van der Waals surface area contributed by atoms with E-state index in [1.807, 2.05) is 179 Å².